The lowest BCUT2D eigenvalue weighted by atomic mass is 10.1. The Balaban J connectivity index is 1.90. The van der Waals surface area contributed by atoms with E-state index in [4.69, 9.17) is 51.2 Å². The van der Waals surface area contributed by atoms with Crippen LogP contribution >= 0.6 is 46.4 Å². The highest BCUT2D eigenvalue weighted by Gasteiger charge is 2.14. The Kier molecular flexibility index (Phi) is 6.89. The molecule has 0 radical (unpaired) electrons. The normalized spacial score (nSPS) is 12.9. The molecule has 0 fully saturated rings. The van der Waals surface area contributed by atoms with Gasteiger partial charge in [0.1, 0.15) is 11.8 Å². The summed E-state index contributed by atoms with van der Waals surface area (Å²) in [5.74, 6) is 0. The predicted octanol–water partition coefficient (Wildman–Crippen LogP) is 6.99. The van der Waals surface area contributed by atoms with Gasteiger partial charge in [0.15, 0.2) is 0 Å². The van der Waals surface area contributed by atoms with E-state index in [1.165, 1.54) is 0 Å². The molecule has 3 rings (SSSR count). The van der Waals surface area contributed by atoms with E-state index in [2.05, 4.69) is 10.1 Å². The SMILES string of the molecule is Cc1c(Cl)cc([C@H](C)ON=C(Cn2ccnc2)c2ccc(Cl)cc2Cl)cc1Cl. The topological polar surface area (TPSA) is 39.4 Å². The Morgan fingerprint density at radius 2 is 1.82 bits per heavy atom. The average Bonchev–Trinajstić information content (AvgIpc) is 3.16. The van der Waals surface area contributed by atoms with Crippen molar-refractivity contribution in [3.63, 3.8) is 0 Å². The number of hydrogen-bond donors (Lipinski definition) is 0. The number of rotatable bonds is 6. The molecule has 3 aromatic rings. The molecule has 4 nitrogen and oxygen atoms in total. The molecule has 1 atom stereocenters. The summed E-state index contributed by atoms with van der Waals surface area (Å²) in [5, 5.41) is 6.58. The van der Waals surface area contributed by atoms with Crippen LogP contribution in [-0.2, 0) is 11.4 Å². The number of hydrogen-bond acceptors (Lipinski definition) is 3. The molecule has 0 saturated carbocycles. The van der Waals surface area contributed by atoms with Gasteiger partial charge in [-0.25, -0.2) is 4.98 Å². The van der Waals surface area contributed by atoms with E-state index >= 15 is 0 Å². The molecule has 0 N–H and O–H groups in total. The summed E-state index contributed by atoms with van der Waals surface area (Å²) in [5.41, 5.74) is 3.02. The van der Waals surface area contributed by atoms with E-state index < -0.39 is 0 Å². The van der Waals surface area contributed by atoms with Crippen LogP contribution in [0.15, 0.2) is 54.2 Å². The van der Waals surface area contributed by atoms with Crippen LogP contribution < -0.4 is 0 Å². The van der Waals surface area contributed by atoms with Crippen LogP contribution in [0.4, 0.5) is 0 Å². The van der Waals surface area contributed by atoms with E-state index in [-0.39, 0.29) is 6.10 Å². The third kappa shape index (κ3) is 5.00. The second-order valence-corrected chi connectivity index (χ2v) is 7.91. The largest absolute Gasteiger partial charge is 0.388 e. The van der Waals surface area contributed by atoms with E-state index in [1.807, 2.05) is 42.8 Å². The molecule has 0 bridgehead atoms. The first-order valence-corrected chi connectivity index (χ1v) is 9.95. The minimum Gasteiger partial charge on any atom is -0.388 e. The maximum absolute atomic E-state index is 6.38. The van der Waals surface area contributed by atoms with E-state index in [0.29, 0.717) is 32.3 Å². The smallest absolute Gasteiger partial charge is 0.149 e. The zero-order valence-corrected chi connectivity index (χ0v) is 18.2. The van der Waals surface area contributed by atoms with Crippen LogP contribution in [0, 0.1) is 6.92 Å². The van der Waals surface area contributed by atoms with E-state index in [9.17, 15) is 0 Å². The zero-order chi connectivity index (χ0) is 20.3. The molecule has 0 aliphatic rings. The van der Waals surface area contributed by atoms with Gasteiger partial charge in [-0.15, -0.1) is 0 Å². The van der Waals surface area contributed by atoms with Crippen LogP contribution in [0.1, 0.15) is 29.7 Å². The number of nitrogens with zero attached hydrogens (tertiary/aromatic N) is 3. The molecule has 1 heterocycles. The maximum atomic E-state index is 6.38. The molecule has 8 heteroatoms. The van der Waals surface area contributed by atoms with Gasteiger partial charge >= 0.3 is 0 Å². The standard InChI is InChI=1S/C20H17Cl4N3O/c1-12-17(22)7-14(8-18(12)23)13(2)28-26-20(10-27-6-5-25-11-27)16-4-3-15(21)9-19(16)24/h3-9,11,13H,10H2,1-2H3/t13-/m0/s1. The zero-order valence-electron chi connectivity index (χ0n) is 15.2. The van der Waals surface area contributed by atoms with Crippen molar-refractivity contribution in [2.24, 2.45) is 5.16 Å². The van der Waals surface area contributed by atoms with Crippen LogP contribution in [0.3, 0.4) is 0 Å². The van der Waals surface area contributed by atoms with Gasteiger partial charge in [-0.2, -0.15) is 0 Å². The van der Waals surface area contributed by atoms with Gasteiger partial charge in [-0.1, -0.05) is 51.6 Å². The van der Waals surface area contributed by atoms with Crippen molar-refractivity contribution in [1.29, 1.82) is 0 Å². The molecule has 0 aliphatic heterocycles. The third-order valence-electron chi connectivity index (χ3n) is 4.23. The first kappa shape index (κ1) is 21.0. The van der Waals surface area contributed by atoms with E-state index in [1.54, 1.807) is 24.7 Å². The van der Waals surface area contributed by atoms with Crippen molar-refractivity contribution < 1.29 is 4.84 Å². The maximum Gasteiger partial charge on any atom is 0.149 e. The molecule has 0 saturated heterocycles. The second kappa shape index (κ2) is 9.19. The molecule has 0 spiro atoms. The molecule has 1 aromatic heterocycles. The summed E-state index contributed by atoms with van der Waals surface area (Å²) in [6, 6.07) is 8.90. The van der Waals surface area contributed by atoms with Crippen molar-refractivity contribution in [3.05, 3.63) is 85.8 Å². The molecular weight excluding hydrogens is 440 g/mol. The Labute approximate surface area is 183 Å². The number of aromatic nitrogens is 2. The summed E-state index contributed by atoms with van der Waals surface area (Å²) in [6.45, 7) is 4.17. The highest BCUT2D eigenvalue weighted by Crippen LogP contribution is 2.30. The second-order valence-electron chi connectivity index (χ2n) is 6.25. The van der Waals surface area contributed by atoms with Crippen LogP contribution in [-0.4, -0.2) is 15.3 Å². The van der Waals surface area contributed by atoms with Gasteiger partial charge in [0.05, 0.1) is 17.9 Å². The fourth-order valence-corrected chi connectivity index (χ4v) is 3.56. The van der Waals surface area contributed by atoms with Crippen LogP contribution in [0.25, 0.3) is 0 Å². The van der Waals surface area contributed by atoms with E-state index in [0.717, 1.165) is 16.7 Å². The summed E-state index contributed by atoms with van der Waals surface area (Å²) >= 11 is 24.9. The Morgan fingerprint density at radius 3 is 2.43 bits per heavy atom. The quantitative estimate of drug-likeness (QED) is 0.296. The predicted molar refractivity (Wildman–Crippen MR) is 116 cm³/mol. The van der Waals surface area contributed by atoms with Gasteiger partial charge in [0.25, 0.3) is 0 Å². The Morgan fingerprint density at radius 1 is 1.11 bits per heavy atom. The molecule has 0 amide bonds. The molecule has 146 valence electrons. The molecule has 2 aromatic carbocycles. The highest BCUT2D eigenvalue weighted by molar-refractivity contribution is 6.37. The number of imidazole rings is 1. The number of benzene rings is 2. The van der Waals surface area contributed by atoms with Crippen molar-refractivity contribution in [2.45, 2.75) is 26.5 Å². The fourth-order valence-electron chi connectivity index (χ4n) is 2.54. The monoisotopic (exact) mass is 455 g/mol. The van der Waals surface area contributed by atoms with Crippen molar-refractivity contribution in [2.75, 3.05) is 0 Å². The van der Waals surface area contributed by atoms with Crippen molar-refractivity contribution in [3.8, 4) is 0 Å². The van der Waals surface area contributed by atoms with Gasteiger partial charge in [0.2, 0.25) is 0 Å². The Hall–Kier alpha value is -1.72. The van der Waals surface area contributed by atoms with Crippen molar-refractivity contribution in [1.82, 2.24) is 9.55 Å². The summed E-state index contributed by atoms with van der Waals surface area (Å²) in [6.07, 6.45) is 4.87. The minimum atomic E-state index is -0.362. The van der Waals surface area contributed by atoms with Gasteiger partial charge in [0, 0.05) is 33.0 Å². The lowest BCUT2D eigenvalue weighted by Gasteiger charge is -2.15. The summed E-state index contributed by atoms with van der Waals surface area (Å²) in [4.78, 5) is 9.83. The number of oxime groups is 1. The first-order chi connectivity index (χ1) is 13.3. The minimum absolute atomic E-state index is 0.362. The van der Waals surface area contributed by atoms with Crippen LogP contribution in [0.2, 0.25) is 20.1 Å². The molecular formula is C20H17Cl4N3O. The molecule has 0 unspecified atom stereocenters. The fraction of sp³-hybridized carbons (Fsp3) is 0.200. The lowest BCUT2D eigenvalue weighted by molar-refractivity contribution is 0.0718. The lowest BCUT2D eigenvalue weighted by Crippen LogP contribution is -2.12. The van der Waals surface area contributed by atoms with Gasteiger partial charge in [-0.3, -0.25) is 0 Å². The highest BCUT2D eigenvalue weighted by atomic mass is 35.5. The Bertz CT molecular complexity index is 980. The van der Waals surface area contributed by atoms with Gasteiger partial charge < -0.3 is 9.40 Å². The molecule has 0 aliphatic carbocycles. The summed E-state index contributed by atoms with van der Waals surface area (Å²) in [7, 11) is 0. The van der Waals surface area contributed by atoms with Gasteiger partial charge in [-0.05, 0) is 55.3 Å². The summed E-state index contributed by atoms with van der Waals surface area (Å²) < 4.78 is 1.87. The first-order valence-electron chi connectivity index (χ1n) is 8.44. The molecule has 28 heavy (non-hydrogen) atoms. The van der Waals surface area contributed by atoms with Crippen LogP contribution in [0.5, 0.6) is 0 Å². The third-order valence-corrected chi connectivity index (χ3v) is 5.56. The number of halogens is 4. The average molecular weight is 457 g/mol. The van der Waals surface area contributed by atoms with Crippen molar-refractivity contribution >= 4 is 52.1 Å².